The van der Waals surface area contributed by atoms with Crippen LogP contribution in [0, 0.1) is 11.8 Å². The predicted octanol–water partition coefficient (Wildman–Crippen LogP) is 2.14. The second-order valence-electron chi connectivity index (χ2n) is 7.24. The predicted molar refractivity (Wildman–Crippen MR) is 93.3 cm³/mol. The molecule has 134 valence electrons. The van der Waals surface area contributed by atoms with E-state index >= 15 is 0 Å². The van der Waals surface area contributed by atoms with E-state index in [2.05, 4.69) is 19.2 Å². The summed E-state index contributed by atoms with van der Waals surface area (Å²) >= 11 is 0. The lowest BCUT2D eigenvalue weighted by Gasteiger charge is -2.19. The van der Waals surface area contributed by atoms with Crippen LogP contribution in [0.2, 0.25) is 0 Å². The first-order valence-electron chi connectivity index (χ1n) is 8.83. The first-order valence-corrected chi connectivity index (χ1v) is 8.83. The zero-order valence-electron chi connectivity index (χ0n) is 14.6. The van der Waals surface area contributed by atoms with Crippen LogP contribution in [0.25, 0.3) is 0 Å². The number of anilines is 1. The number of carboxylic acid groups (broad SMARTS) is 1. The molecule has 1 saturated heterocycles. The monoisotopic (exact) mass is 344 g/mol. The largest absolute Gasteiger partial charge is 0.480 e. The Morgan fingerprint density at radius 2 is 1.80 bits per heavy atom. The number of hydrogen-bond donors (Lipinski definition) is 2. The summed E-state index contributed by atoms with van der Waals surface area (Å²) in [6.45, 7) is 4.68. The summed E-state index contributed by atoms with van der Waals surface area (Å²) in [4.78, 5) is 37.9. The number of amides is 2. The van der Waals surface area contributed by atoms with Crippen LogP contribution < -0.4 is 10.2 Å². The summed E-state index contributed by atoms with van der Waals surface area (Å²) in [5, 5.41) is 11.8. The van der Waals surface area contributed by atoms with Crippen molar-refractivity contribution in [3.05, 3.63) is 29.8 Å². The van der Waals surface area contributed by atoms with Crippen molar-refractivity contribution in [1.29, 1.82) is 0 Å². The van der Waals surface area contributed by atoms with E-state index in [1.54, 1.807) is 4.90 Å². The number of benzene rings is 1. The summed E-state index contributed by atoms with van der Waals surface area (Å²) in [5.74, 6) is -2.14. The van der Waals surface area contributed by atoms with Gasteiger partial charge in [0.2, 0.25) is 11.8 Å². The second-order valence-corrected chi connectivity index (χ2v) is 7.24. The van der Waals surface area contributed by atoms with Gasteiger partial charge in [0.15, 0.2) is 0 Å². The molecule has 6 nitrogen and oxygen atoms in total. The summed E-state index contributed by atoms with van der Waals surface area (Å²) in [6.07, 6.45) is 2.03. The maximum Gasteiger partial charge on any atom is 0.326 e. The summed E-state index contributed by atoms with van der Waals surface area (Å²) in [6, 6.07) is 6.91. The van der Waals surface area contributed by atoms with Gasteiger partial charge in [-0.3, -0.25) is 9.59 Å². The Kier molecular flexibility index (Phi) is 4.79. The molecule has 1 aliphatic carbocycles. The number of aliphatic carboxylic acids is 1. The quantitative estimate of drug-likeness (QED) is 0.774. The summed E-state index contributed by atoms with van der Waals surface area (Å²) in [5.41, 5.74) is 1.97. The van der Waals surface area contributed by atoms with E-state index in [-0.39, 0.29) is 11.8 Å². The first kappa shape index (κ1) is 17.5. The number of nitrogens with one attached hydrogen (secondary N) is 1. The summed E-state index contributed by atoms with van der Waals surface area (Å²) < 4.78 is 0. The van der Waals surface area contributed by atoms with E-state index in [1.165, 1.54) is 5.56 Å². The Bertz CT molecular complexity index is 679. The number of carbonyl (C=O) groups is 3. The highest BCUT2D eigenvalue weighted by Gasteiger charge is 2.42. The van der Waals surface area contributed by atoms with Gasteiger partial charge in [0, 0.05) is 12.2 Å². The molecule has 0 aromatic heterocycles. The van der Waals surface area contributed by atoms with Crippen molar-refractivity contribution < 1.29 is 19.5 Å². The molecule has 1 aliphatic heterocycles. The molecule has 2 amide bonds. The third-order valence-corrected chi connectivity index (χ3v) is 5.05. The molecular formula is C19H24N2O4. The molecule has 0 bridgehead atoms. The van der Waals surface area contributed by atoms with Gasteiger partial charge in [0.05, 0.1) is 0 Å². The number of hydrogen-bond acceptors (Lipinski definition) is 3. The lowest BCUT2D eigenvalue weighted by atomic mass is 10.0. The minimum absolute atomic E-state index is 0.00219. The fraction of sp³-hybridized carbons (Fsp3) is 0.526. The van der Waals surface area contributed by atoms with Crippen LogP contribution in [-0.2, 0) is 14.4 Å². The van der Waals surface area contributed by atoms with Crippen molar-refractivity contribution in [2.24, 2.45) is 11.8 Å². The Morgan fingerprint density at radius 3 is 2.32 bits per heavy atom. The van der Waals surface area contributed by atoms with E-state index in [0.717, 1.165) is 18.5 Å². The topological polar surface area (TPSA) is 86.7 Å². The van der Waals surface area contributed by atoms with Crippen LogP contribution in [0.1, 0.15) is 44.6 Å². The van der Waals surface area contributed by atoms with Crippen molar-refractivity contribution in [3.8, 4) is 0 Å². The molecule has 2 aliphatic rings. The van der Waals surface area contributed by atoms with Crippen molar-refractivity contribution in [1.82, 2.24) is 5.32 Å². The molecule has 0 spiro atoms. The first-order chi connectivity index (χ1) is 11.9. The highest BCUT2D eigenvalue weighted by molar-refractivity contribution is 6.10. The van der Waals surface area contributed by atoms with Crippen LogP contribution >= 0.6 is 0 Å². The van der Waals surface area contributed by atoms with E-state index in [0.29, 0.717) is 18.9 Å². The molecule has 3 rings (SSSR count). The van der Waals surface area contributed by atoms with Crippen LogP contribution in [0.5, 0.6) is 0 Å². The van der Waals surface area contributed by atoms with E-state index in [9.17, 15) is 19.5 Å². The third kappa shape index (κ3) is 3.67. The Labute approximate surface area is 147 Å². The SMILES string of the molecule is CC(C)c1ccc(N2CCC(C(=O)NC(C(=O)O)C3CC3)C2=O)cc1. The number of carboxylic acids is 1. The van der Waals surface area contributed by atoms with Gasteiger partial charge in [-0.05, 0) is 48.8 Å². The van der Waals surface area contributed by atoms with Crippen LogP contribution in [0.15, 0.2) is 24.3 Å². The summed E-state index contributed by atoms with van der Waals surface area (Å²) in [7, 11) is 0. The van der Waals surface area contributed by atoms with E-state index < -0.39 is 23.8 Å². The Morgan fingerprint density at radius 1 is 1.16 bits per heavy atom. The maximum atomic E-state index is 12.6. The molecule has 0 radical (unpaired) electrons. The molecule has 1 aromatic carbocycles. The zero-order valence-corrected chi connectivity index (χ0v) is 14.6. The lowest BCUT2D eigenvalue weighted by molar-refractivity contribution is -0.144. The standard InChI is InChI=1S/C19H24N2O4/c1-11(2)12-5-7-14(8-6-12)21-10-9-15(18(21)23)17(22)20-16(19(24)25)13-3-4-13/h5-8,11,13,15-16H,3-4,9-10H2,1-2H3,(H,20,22)(H,24,25). The molecule has 2 fully saturated rings. The second kappa shape index (κ2) is 6.86. The third-order valence-electron chi connectivity index (χ3n) is 5.05. The molecular weight excluding hydrogens is 320 g/mol. The van der Waals surface area contributed by atoms with Gasteiger partial charge in [-0.25, -0.2) is 4.79 Å². The average molecular weight is 344 g/mol. The normalized spacial score (nSPS) is 21.5. The van der Waals surface area contributed by atoms with Crippen molar-refractivity contribution in [2.45, 2.75) is 45.1 Å². The molecule has 2 unspecified atom stereocenters. The van der Waals surface area contributed by atoms with Gasteiger partial charge in [0.25, 0.3) is 0 Å². The fourth-order valence-corrected chi connectivity index (χ4v) is 3.28. The van der Waals surface area contributed by atoms with Gasteiger partial charge >= 0.3 is 5.97 Å². The molecule has 1 heterocycles. The smallest absolute Gasteiger partial charge is 0.326 e. The molecule has 6 heteroatoms. The lowest BCUT2D eigenvalue weighted by Crippen LogP contribution is -2.46. The number of carbonyl (C=O) groups excluding carboxylic acids is 2. The van der Waals surface area contributed by atoms with Gasteiger partial charge in [-0.1, -0.05) is 26.0 Å². The Balaban J connectivity index is 1.66. The van der Waals surface area contributed by atoms with Gasteiger partial charge in [-0.2, -0.15) is 0 Å². The molecule has 2 atom stereocenters. The molecule has 1 saturated carbocycles. The number of nitrogens with zero attached hydrogens (tertiary/aromatic N) is 1. The van der Waals surface area contributed by atoms with E-state index in [4.69, 9.17) is 0 Å². The van der Waals surface area contributed by atoms with Crippen molar-refractivity contribution >= 4 is 23.5 Å². The highest BCUT2D eigenvalue weighted by Crippen LogP contribution is 2.33. The molecule has 2 N–H and O–H groups in total. The maximum absolute atomic E-state index is 12.6. The van der Waals surface area contributed by atoms with Crippen molar-refractivity contribution in [2.75, 3.05) is 11.4 Å². The molecule has 1 aromatic rings. The Hall–Kier alpha value is -2.37. The van der Waals surface area contributed by atoms with Gasteiger partial charge in [0.1, 0.15) is 12.0 Å². The molecule has 25 heavy (non-hydrogen) atoms. The van der Waals surface area contributed by atoms with Crippen molar-refractivity contribution in [3.63, 3.8) is 0 Å². The van der Waals surface area contributed by atoms with Gasteiger partial charge in [-0.15, -0.1) is 0 Å². The van der Waals surface area contributed by atoms with Crippen LogP contribution in [0.3, 0.4) is 0 Å². The van der Waals surface area contributed by atoms with Crippen LogP contribution in [-0.4, -0.2) is 35.5 Å². The zero-order chi connectivity index (χ0) is 18.1. The highest BCUT2D eigenvalue weighted by atomic mass is 16.4. The minimum Gasteiger partial charge on any atom is -0.480 e. The average Bonchev–Trinajstić information content (AvgIpc) is 3.34. The van der Waals surface area contributed by atoms with Gasteiger partial charge < -0.3 is 15.3 Å². The minimum atomic E-state index is -1.03. The fourth-order valence-electron chi connectivity index (χ4n) is 3.28. The van der Waals surface area contributed by atoms with E-state index in [1.807, 2.05) is 24.3 Å². The number of rotatable bonds is 6. The van der Waals surface area contributed by atoms with Crippen LogP contribution in [0.4, 0.5) is 5.69 Å².